The molecule has 0 aliphatic heterocycles. The van der Waals surface area contributed by atoms with E-state index in [2.05, 4.69) is 32.6 Å². The van der Waals surface area contributed by atoms with E-state index in [1.165, 1.54) is 5.56 Å². The molecule has 0 saturated heterocycles. The maximum atomic E-state index is 12.9. The summed E-state index contributed by atoms with van der Waals surface area (Å²) in [4.78, 5) is 12.9. The van der Waals surface area contributed by atoms with Crippen LogP contribution >= 0.6 is 0 Å². The van der Waals surface area contributed by atoms with Crippen LogP contribution in [0.15, 0.2) is 47.8 Å². The topological polar surface area (TPSA) is 36.2 Å². The summed E-state index contributed by atoms with van der Waals surface area (Å²) in [6.45, 7) is 12.9. The lowest BCUT2D eigenvalue weighted by Crippen LogP contribution is -2.25. The van der Waals surface area contributed by atoms with Crippen LogP contribution in [0.5, 0.6) is 5.75 Å². The van der Waals surface area contributed by atoms with Crippen molar-refractivity contribution < 1.29 is 4.74 Å². The van der Waals surface area contributed by atoms with Crippen LogP contribution in [-0.2, 0) is 6.54 Å². The molecule has 0 N–H and O–H groups in total. The molecule has 0 radical (unpaired) electrons. The number of hydrogen-bond acceptors (Lipinski definition) is 2. The zero-order valence-electron chi connectivity index (χ0n) is 15.3. The fourth-order valence-corrected chi connectivity index (χ4v) is 3.06. The van der Waals surface area contributed by atoms with Gasteiger partial charge in [0.15, 0.2) is 0 Å². The lowest BCUT2D eigenvalue weighted by atomic mass is 10.1. The first-order valence-corrected chi connectivity index (χ1v) is 8.47. The molecule has 2 aromatic carbocycles. The first-order chi connectivity index (χ1) is 11.9. The Bertz CT molecular complexity index is 1010. The van der Waals surface area contributed by atoms with Gasteiger partial charge >= 0.3 is 5.69 Å². The second-order valence-corrected chi connectivity index (χ2v) is 6.54. The minimum absolute atomic E-state index is 0.0686. The van der Waals surface area contributed by atoms with Gasteiger partial charge in [-0.3, -0.25) is 9.13 Å². The van der Waals surface area contributed by atoms with Crippen molar-refractivity contribution in [1.82, 2.24) is 9.13 Å². The minimum atomic E-state index is -0.0686. The van der Waals surface area contributed by atoms with Gasteiger partial charge in [0.2, 0.25) is 0 Å². The number of rotatable bonds is 5. The maximum absolute atomic E-state index is 12.9. The fraction of sp³-hybridized carbons (Fsp3) is 0.286. The number of ether oxygens (including phenoxy) is 1. The van der Waals surface area contributed by atoms with Gasteiger partial charge in [-0.05, 0) is 62.6 Å². The molecule has 0 aliphatic carbocycles. The molecule has 0 spiro atoms. The molecule has 0 bridgehead atoms. The molecule has 25 heavy (non-hydrogen) atoms. The number of aryl methyl sites for hydroxylation is 3. The predicted octanol–water partition coefficient (Wildman–Crippen LogP) is 4.30. The van der Waals surface area contributed by atoms with E-state index < -0.39 is 0 Å². The molecule has 0 fully saturated rings. The number of aromatic nitrogens is 2. The Hall–Kier alpha value is -2.75. The SMILES string of the molecule is C=C(C)n1c(=O)n(CCOc2ccccc2C)c2cc(C)c(C)cc21. The van der Waals surface area contributed by atoms with Crippen molar-refractivity contribution in [3.05, 3.63) is 70.2 Å². The van der Waals surface area contributed by atoms with Gasteiger partial charge in [0, 0.05) is 5.70 Å². The summed E-state index contributed by atoms with van der Waals surface area (Å²) in [5.41, 5.74) is 5.89. The average Bonchev–Trinajstić information content (AvgIpc) is 2.81. The monoisotopic (exact) mass is 336 g/mol. The quantitative estimate of drug-likeness (QED) is 0.696. The zero-order valence-corrected chi connectivity index (χ0v) is 15.3. The van der Waals surface area contributed by atoms with E-state index in [1.807, 2.05) is 38.1 Å². The normalized spacial score (nSPS) is 11.0. The molecular formula is C21H24N2O2. The van der Waals surface area contributed by atoms with Crippen LogP contribution < -0.4 is 10.4 Å². The van der Waals surface area contributed by atoms with Crippen LogP contribution in [0, 0.1) is 20.8 Å². The number of imidazole rings is 1. The predicted molar refractivity (Wildman–Crippen MR) is 103 cm³/mol. The highest BCUT2D eigenvalue weighted by Crippen LogP contribution is 2.21. The highest BCUT2D eigenvalue weighted by molar-refractivity contribution is 5.81. The molecule has 4 nitrogen and oxygen atoms in total. The summed E-state index contributed by atoms with van der Waals surface area (Å²) in [6.07, 6.45) is 0. The van der Waals surface area contributed by atoms with Crippen LogP contribution in [-0.4, -0.2) is 15.7 Å². The highest BCUT2D eigenvalue weighted by Gasteiger charge is 2.15. The maximum Gasteiger partial charge on any atom is 0.333 e. The van der Waals surface area contributed by atoms with Crippen molar-refractivity contribution in [2.75, 3.05) is 6.61 Å². The molecule has 0 aliphatic rings. The molecule has 0 atom stereocenters. The Morgan fingerprint density at radius 3 is 2.32 bits per heavy atom. The Morgan fingerprint density at radius 2 is 1.68 bits per heavy atom. The van der Waals surface area contributed by atoms with Crippen molar-refractivity contribution in [2.45, 2.75) is 34.2 Å². The van der Waals surface area contributed by atoms with Crippen molar-refractivity contribution in [1.29, 1.82) is 0 Å². The van der Waals surface area contributed by atoms with E-state index in [-0.39, 0.29) is 5.69 Å². The third kappa shape index (κ3) is 3.12. The largest absolute Gasteiger partial charge is 0.491 e. The smallest absolute Gasteiger partial charge is 0.333 e. The van der Waals surface area contributed by atoms with Gasteiger partial charge in [-0.25, -0.2) is 4.79 Å². The summed E-state index contributed by atoms with van der Waals surface area (Å²) < 4.78 is 9.33. The van der Waals surface area contributed by atoms with E-state index in [0.717, 1.165) is 33.6 Å². The van der Waals surface area contributed by atoms with Crippen molar-refractivity contribution >= 4 is 16.7 Å². The molecule has 0 saturated carbocycles. The molecule has 1 heterocycles. The Kier molecular flexibility index (Phi) is 4.53. The summed E-state index contributed by atoms with van der Waals surface area (Å²) in [6, 6.07) is 12.0. The minimum Gasteiger partial charge on any atom is -0.491 e. The van der Waals surface area contributed by atoms with Gasteiger partial charge in [0.05, 0.1) is 17.6 Å². The number of nitrogens with zero attached hydrogens (tertiary/aromatic N) is 2. The lowest BCUT2D eigenvalue weighted by molar-refractivity contribution is 0.296. The number of fused-ring (bicyclic) bond motifs is 1. The van der Waals surface area contributed by atoms with Crippen LogP contribution in [0.3, 0.4) is 0 Å². The van der Waals surface area contributed by atoms with Crippen molar-refractivity contribution in [3.63, 3.8) is 0 Å². The van der Waals surface area contributed by atoms with Crippen LogP contribution in [0.2, 0.25) is 0 Å². The van der Waals surface area contributed by atoms with Crippen LogP contribution in [0.25, 0.3) is 16.7 Å². The molecule has 0 amide bonds. The Balaban J connectivity index is 1.97. The number of para-hydroxylation sites is 1. The van der Waals surface area contributed by atoms with Gasteiger partial charge in [-0.15, -0.1) is 0 Å². The summed E-state index contributed by atoms with van der Waals surface area (Å²) in [5, 5.41) is 0. The number of benzene rings is 2. The molecule has 4 heteroatoms. The fourth-order valence-electron chi connectivity index (χ4n) is 3.06. The molecule has 1 aromatic heterocycles. The summed E-state index contributed by atoms with van der Waals surface area (Å²) in [7, 11) is 0. The van der Waals surface area contributed by atoms with E-state index in [9.17, 15) is 4.79 Å². The summed E-state index contributed by atoms with van der Waals surface area (Å²) in [5.74, 6) is 0.853. The molecule has 0 unspecified atom stereocenters. The third-order valence-electron chi connectivity index (χ3n) is 4.59. The molecule has 3 rings (SSSR count). The number of allylic oxidation sites excluding steroid dienone is 1. The molecular weight excluding hydrogens is 312 g/mol. The molecule has 3 aromatic rings. The van der Waals surface area contributed by atoms with Gasteiger partial charge in [0.25, 0.3) is 0 Å². The molecule has 130 valence electrons. The lowest BCUT2D eigenvalue weighted by Gasteiger charge is -2.09. The van der Waals surface area contributed by atoms with Crippen molar-refractivity contribution in [3.8, 4) is 5.75 Å². The second-order valence-electron chi connectivity index (χ2n) is 6.54. The summed E-state index contributed by atoms with van der Waals surface area (Å²) >= 11 is 0. The first-order valence-electron chi connectivity index (χ1n) is 8.47. The standard InChI is InChI=1S/C21H24N2O2/c1-14(2)23-19-13-17(5)16(4)12-18(19)22(21(23)24)10-11-25-20-9-7-6-8-15(20)3/h6-9,12-13H,1,10-11H2,2-5H3. The van der Waals surface area contributed by atoms with Gasteiger partial charge in [-0.1, -0.05) is 24.8 Å². The van der Waals surface area contributed by atoms with Gasteiger partial charge in [0.1, 0.15) is 12.4 Å². The first kappa shape index (κ1) is 17.1. The van der Waals surface area contributed by atoms with Crippen molar-refractivity contribution in [2.24, 2.45) is 0 Å². The van der Waals surface area contributed by atoms with Crippen LogP contribution in [0.4, 0.5) is 0 Å². The van der Waals surface area contributed by atoms with E-state index in [4.69, 9.17) is 4.74 Å². The average molecular weight is 336 g/mol. The van der Waals surface area contributed by atoms with Crippen LogP contribution in [0.1, 0.15) is 23.6 Å². The van der Waals surface area contributed by atoms with E-state index in [1.54, 1.807) is 9.13 Å². The third-order valence-corrected chi connectivity index (χ3v) is 4.59. The second kappa shape index (κ2) is 6.63. The number of hydrogen-bond donors (Lipinski definition) is 0. The Morgan fingerprint density at radius 1 is 1.04 bits per heavy atom. The highest BCUT2D eigenvalue weighted by atomic mass is 16.5. The van der Waals surface area contributed by atoms with E-state index >= 15 is 0 Å². The van der Waals surface area contributed by atoms with Gasteiger partial charge in [-0.2, -0.15) is 0 Å². The Labute approximate surface area is 148 Å². The zero-order chi connectivity index (χ0) is 18.1. The van der Waals surface area contributed by atoms with Gasteiger partial charge < -0.3 is 4.74 Å². The van der Waals surface area contributed by atoms with E-state index in [0.29, 0.717) is 13.2 Å².